The average Bonchev–Trinajstić information content (AvgIpc) is 2.50. The molecule has 1 N–H and O–H groups in total. The van der Waals surface area contributed by atoms with Crippen LogP contribution in [-0.4, -0.2) is 11.3 Å². The maximum absolute atomic E-state index is 10.0. The summed E-state index contributed by atoms with van der Waals surface area (Å²) in [5.74, 6) is 0.251. The fraction of sp³-hybridized carbons (Fsp3) is 0. The van der Waals surface area contributed by atoms with E-state index in [1.807, 2.05) is 60.7 Å². The SMILES string of the molecule is Oc1ccc2ccccc2c1/C=N/Sc1ccccc1. The van der Waals surface area contributed by atoms with Gasteiger partial charge in [-0.1, -0.05) is 48.5 Å². The molecule has 0 fully saturated rings. The third-order valence-corrected chi connectivity index (χ3v) is 3.72. The topological polar surface area (TPSA) is 32.6 Å². The van der Waals surface area contributed by atoms with Crippen LogP contribution in [0.4, 0.5) is 0 Å². The second kappa shape index (κ2) is 5.80. The lowest BCUT2D eigenvalue weighted by molar-refractivity contribution is 0.475. The Morgan fingerprint density at radius 3 is 2.45 bits per heavy atom. The van der Waals surface area contributed by atoms with Crippen molar-refractivity contribution in [1.82, 2.24) is 0 Å². The second-order valence-corrected chi connectivity index (χ2v) is 5.22. The Bertz CT molecular complexity index is 753. The van der Waals surface area contributed by atoms with E-state index in [9.17, 15) is 5.11 Å². The monoisotopic (exact) mass is 279 g/mol. The van der Waals surface area contributed by atoms with Crippen LogP contribution in [-0.2, 0) is 0 Å². The van der Waals surface area contributed by atoms with Gasteiger partial charge >= 0.3 is 0 Å². The summed E-state index contributed by atoms with van der Waals surface area (Å²) in [4.78, 5) is 1.07. The molecule has 0 heterocycles. The van der Waals surface area contributed by atoms with E-state index in [1.54, 1.807) is 12.3 Å². The zero-order valence-corrected chi connectivity index (χ0v) is 11.5. The number of rotatable bonds is 3. The van der Waals surface area contributed by atoms with Crippen molar-refractivity contribution in [2.45, 2.75) is 4.90 Å². The molecule has 0 saturated carbocycles. The molecule has 0 aliphatic heterocycles. The Morgan fingerprint density at radius 1 is 0.850 bits per heavy atom. The van der Waals surface area contributed by atoms with Crippen LogP contribution in [0.1, 0.15) is 5.56 Å². The summed E-state index contributed by atoms with van der Waals surface area (Å²) < 4.78 is 4.35. The minimum Gasteiger partial charge on any atom is -0.507 e. The summed E-state index contributed by atoms with van der Waals surface area (Å²) in [6, 6.07) is 21.5. The highest BCUT2D eigenvalue weighted by molar-refractivity contribution is 7.98. The molecule has 0 spiro atoms. The summed E-state index contributed by atoms with van der Waals surface area (Å²) >= 11 is 1.39. The van der Waals surface area contributed by atoms with Crippen LogP contribution in [0.15, 0.2) is 76.0 Å². The first-order chi connectivity index (χ1) is 9.84. The minimum atomic E-state index is 0.251. The van der Waals surface area contributed by atoms with Gasteiger partial charge in [0.15, 0.2) is 0 Å². The van der Waals surface area contributed by atoms with E-state index in [0.717, 1.165) is 21.2 Å². The zero-order chi connectivity index (χ0) is 13.8. The van der Waals surface area contributed by atoms with E-state index < -0.39 is 0 Å². The number of fused-ring (bicyclic) bond motifs is 1. The van der Waals surface area contributed by atoms with Crippen molar-refractivity contribution in [1.29, 1.82) is 0 Å². The van der Waals surface area contributed by atoms with Crippen LogP contribution in [0, 0.1) is 0 Å². The van der Waals surface area contributed by atoms with Gasteiger partial charge in [0.2, 0.25) is 0 Å². The molecule has 98 valence electrons. The van der Waals surface area contributed by atoms with E-state index in [1.165, 1.54) is 11.9 Å². The maximum atomic E-state index is 10.0. The van der Waals surface area contributed by atoms with Gasteiger partial charge in [-0.2, -0.15) is 0 Å². The summed E-state index contributed by atoms with van der Waals surface area (Å²) in [5, 5.41) is 12.1. The summed E-state index contributed by atoms with van der Waals surface area (Å²) in [7, 11) is 0. The van der Waals surface area contributed by atoms with Crippen molar-refractivity contribution in [2.24, 2.45) is 4.40 Å². The van der Waals surface area contributed by atoms with Gasteiger partial charge in [-0.15, -0.1) is 0 Å². The molecule has 0 radical (unpaired) electrons. The molecule has 0 bridgehead atoms. The fourth-order valence-electron chi connectivity index (χ4n) is 2.04. The number of aromatic hydroxyl groups is 1. The molecule has 0 aliphatic carbocycles. The molecule has 0 aliphatic rings. The van der Waals surface area contributed by atoms with E-state index in [-0.39, 0.29) is 5.75 Å². The van der Waals surface area contributed by atoms with Gasteiger partial charge in [0.1, 0.15) is 5.75 Å². The van der Waals surface area contributed by atoms with Gasteiger partial charge in [0.05, 0.1) is 0 Å². The standard InChI is InChI=1S/C17H13NOS/c19-17-11-10-13-6-4-5-9-15(13)16(17)12-18-20-14-7-2-1-3-8-14/h1-12,19H/b18-12+. The lowest BCUT2D eigenvalue weighted by Gasteiger charge is -2.04. The van der Waals surface area contributed by atoms with Crippen molar-refractivity contribution in [3.8, 4) is 5.75 Å². The minimum absolute atomic E-state index is 0.251. The van der Waals surface area contributed by atoms with Crippen LogP contribution in [0.3, 0.4) is 0 Å². The molecule has 20 heavy (non-hydrogen) atoms. The van der Waals surface area contributed by atoms with Gasteiger partial charge in [-0.05, 0) is 29.0 Å². The Balaban J connectivity index is 1.92. The molecular weight excluding hydrogens is 266 g/mol. The molecule has 0 atom stereocenters. The largest absolute Gasteiger partial charge is 0.507 e. The quantitative estimate of drug-likeness (QED) is 0.558. The molecule has 2 nitrogen and oxygen atoms in total. The van der Waals surface area contributed by atoms with Crippen LogP contribution < -0.4 is 0 Å². The fourth-order valence-corrected chi connectivity index (χ4v) is 2.60. The van der Waals surface area contributed by atoms with Gasteiger partial charge in [0, 0.05) is 28.6 Å². The van der Waals surface area contributed by atoms with E-state index >= 15 is 0 Å². The highest BCUT2D eigenvalue weighted by Crippen LogP contribution is 2.26. The normalized spacial score (nSPS) is 11.2. The van der Waals surface area contributed by atoms with Crippen molar-refractivity contribution in [3.05, 3.63) is 72.3 Å². The molecule has 0 saturated heterocycles. The Hall–Kier alpha value is -2.26. The predicted octanol–water partition coefficient (Wildman–Crippen LogP) is 4.67. The maximum Gasteiger partial charge on any atom is 0.125 e. The third-order valence-electron chi connectivity index (χ3n) is 3.03. The second-order valence-electron chi connectivity index (χ2n) is 4.36. The van der Waals surface area contributed by atoms with E-state index in [0.29, 0.717) is 0 Å². The lowest BCUT2D eigenvalue weighted by Crippen LogP contribution is -1.85. The number of hydrogen-bond donors (Lipinski definition) is 1. The van der Waals surface area contributed by atoms with Crippen LogP contribution in [0.5, 0.6) is 5.75 Å². The molecule has 0 aromatic heterocycles. The number of benzene rings is 3. The molecular formula is C17H13NOS. The van der Waals surface area contributed by atoms with Crippen molar-refractivity contribution in [3.63, 3.8) is 0 Å². The molecule has 0 amide bonds. The first-order valence-electron chi connectivity index (χ1n) is 6.31. The summed E-state index contributed by atoms with van der Waals surface area (Å²) in [6.45, 7) is 0. The number of phenolic OH excluding ortho intramolecular Hbond substituents is 1. The Labute approximate surface area is 121 Å². The Morgan fingerprint density at radius 2 is 1.60 bits per heavy atom. The first kappa shape index (κ1) is 12.8. The molecule has 3 rings (SSSR count). The average molecular weight is 279 g/mol. The number of hydrogen-bond acceptors (Lipinski definition) is 3. The van der Waals surface area contributed by atoms with Gasteiger partial charge in [-0.3, -0.25) is 0 Å². The van der Waals surface area contributed by atoms with Crippen LogP contribution in [0.2, 0.25) is 0 Å². The highest BCUT2D eigenvalue weighted by atomic mass is 32.2. The van der Waals surface area contributed by atoms with Crippen molar-refractivity contribution in [2.75, 3.05) is 0 Å². The van der Waals surface area contributed by atoms with Crippen molar-refractivity contribution < 1.29 is 5.11 Å². The van der Waals surface area contributed by atoms with E-state index in [2.05, 4.69) is 4.40 Å². The predicted molar refractivity (Wildman–Crippen MR) is 85.5 cm³/mol. The third kappa shape index (κ3) is 2.68. The highest BCUT2D eigenvalue weighted by Gasteiger charge is 2.03. The van der Waals surface area contributed by atoms with Crippen LogP contribution >= 0.6 is 11.9 Å². The van der Waals surface area contributed by atoms with Gasteiger partial charge in [-0.25, -0.2) is 4.40 Å². The molecule has 3 aromatic rings. The smallest absolute Gasteiger partial charge is 0.125 e. The summed E-state index contributed by atoms with van der Waals surface area (Å²) in [5.41, 5.74) is 0.756. The van der Waals surface area contributed by atoms with Gasteiger partial charge in [0.25, 0.3) is 0 Å². The lowest BCUT2D eigenvalue weighted by atomic mass is 10.0. The molecule has 3 aromatic carbocycles. The van der Waals surface area contributed by atoms with E-state index in [4.69, 9.17) is 0 Å². The van der Waals surface area contributed by atoms with Gasteiger partial charge < -0.3 is 5.11 Å². The Kier molecular flexibility index (Phi) is 3.70. The van der Waals surface area contributed by atoms with Crippen molar-refractivity contribution >= 4 is 28.9 Å². The van der Waals surface area contributed by atoms with Crippen LogP contribution in [0.25, 0.3) is 10.8 Å². The number of nitrogens with zero attached hydrogens (tertiary/aromatic N) is 1. The zero-order valence-electron chi connectivity index (χ0n) is 10.7. The summed E-state index contributed by atoms with van der Waals surface area (Å²) in [6.07, 6.45) is 1.72. The molecule has 3 heteroatoms. The first-order valence-corrected chi connectivity index (χ1v) is 7.08. The molecule has 0 unspecified atom stereocenters. The number of phenols is 1.